The van der Waals surface area contributed by atoms with E-state index in [4.69, 9.17) is 9.47 Å². The summed E-state index contributed by atoms with van der Waals surface area (Å²) < 4.78 is 12.4. The number of hydrogen-bond donors (Lipinski definition) is 2. The Balaban J connectivity index is 1.69. The van der Waals surface area contributed by atoms with E-state index >= 15 is 0 Å². The molecule has 6 nitrogen and oxygen atoms in total. The zero-order valence-corrected chi connectivity index (χ0v) is 33.8. The molecule has 0 saturated carbocycles. The Hall–Kier alpha value is -3.80. The van der Waals surface area contributed by atoms with Gasteiger partial charge in [0.25, 0.3) is 5.79 Å². The van der Waals surface area contributed by atoms with Crippen molar-refractivity contribution in [1.29, 1.82) is 0 Å². The second kappa shape index (κ2) is 26.1. The summed E-state index contributed by atoms with van der Waals surface area (Å²) in [6, 6.07) is 19.5. The van der Waals surface area contributed by atoms with Crippen molar-refractivity contribution in [3.63, 3.8) is 0 Å². The first kappa shape index (κ1) is 44.6. The highest BCUT2D eigenvalue weighted by molar-refractivity contribution is 5.79. The van der Waals surface area contributed by atoms with Crippen LogP contribution in [0.4, 0.5) is 0 Å². The molecule has 298 valence electrons. The number of benzene rings is 3. The van der Waals surface area contributed by atoms with E-state index in [9.17, 15) is 19.8 Å². The van der Waals surface area contributed by atoms with Crippen molar-refractivity contribution in [3.8, 4) is 33.8 Å². The van der Waals surface area contributed by atoms with Crippen molar-refractivity contribution in [2.75, 3.05) is 0 Å². The van der Waals surface area contributed by atoms with E-state index in [-0.39, 0.29) is 24.3 Å². The summed E-state index contributed by atoms with van der Waals surface area (Å²) in [6.45, 7) is 6.16. The van der Waals surface area contributed by atoms with Crippen LogP contribution in [0, 0.1) is 0 Å². The first-order valence-corrected chi connectivity index (χ1v) is 21.4. The Morgan fingerprint density at radius 3 is 1.19 bits per heavy atom. The lowest BCUT2D eigenvalue weighted by molar-refractivity contribution is -0.227. The molecule has 0 fully saturated rings. The minimum atomic E-state index is -1.66. The largest absolute Gasteiger partial charge is 0.508 e. The number of phenols is 2. The van der Waals surface area contributed by atoms with Crippen LogP contribution in [0.15, 0.2) is 66.7 Å². The van der Waals surface area contributed by atoms with Crippen LogP contribution in [0.2, 0.25) is 0 Å². The van der Waals surface area contributed by atoms with Gasteiger partial charge in [0, 0.05) is 25.3 Å². The predicted octanol–water partition coefficient (Wildman–Crippen LogP) is 14.1. The minimum Gasteiger partial charge on any atom is -0.508 e. The molecule has 3 aromatic carbocycles. The molecule has 0 bridgehead atoms. The monoisotopic (exact) mass is 743 g/mol. The van der Waals surface area contributed by atoms with Crippen molar-refractivity contribution < 1.29 is 29.3 Å². The molecule has 3 rings (SSSR count). The topological polar surface area (TPSA) is 93.1 Å². The standard InChI is InChI=1S/C48H70O6/c1-4-6-8-10-12-14-16-18-20-22-24-26-46(51)53-48(3,54-47(52)27-25-23-21-19-17-15-13-11-9-7-5-2)45-37-32-41(39-28-33-42(49)34-29-39)38-44(45)40-30-35-43(50)36-31-40/h28-38,49-50H,4-27H2,1-3H3. The van der Waals surface area contributed by atoms with Gasteiger partial charge in [0.2, 0.25) is 0 Å². The maximum atomic E-state index is 13.5. The fraction of sp³-hybridized carbons (Fsp3) is 0.583. The molecule has 0 unspecified atom stereocenters. The number of unbranched alkanes of at least 4 members (excludes halogenated alkanes) is 20. The average Bonchev–Trinajstić information content (AvgIpc) is 3.16. The molecule has 0 aliphatic rings. The molecule has 2 N–H and O–H groups in total. The van der Waals surface area contributed by atoms with Gasteiger partial charge >= 0.3 is 11.9 Å². The Kier molecular flexibility index (Phi) is 21.5. The molecule has 0 spiro atoms. The molecule has 0 atom stereocenters. The number of carbonyl (C=O) groups excluding carboxylic acids is 2. The molecule has 0 aromatic heterocycles. The highest BCUT2D eigenvalue weighted by Gasteiger charge is 2.38. The van der Waals surface area contributed by atoms with Gasteiger partial charge in [0.1, 0.15) is 11.5 Å². The lowest BCUT2D eigenvalue weighted by Crippen LogP contribution is -2.35. The van der Waals surface area contributed by atoms with Crippen LogP contribution in [0.25, 0.3) is 22.3 Å². The maximum Gasteiger partial charge on any atom is 0.309 e. The maximum absolute atomic E-state index is 13.5. The SMILES string of the molecule is CCCCCCCCCCCCCC(=O)OC(C)(OC(=O)CCCCCCCCCCCCC)c1ccc(-c2ccc(O)cc2)cc1-c1ccc(O)cc1. The van der Waals surface area contributed by atoms with Crippen LogP contribution in [0.3, 0.4) is 0 Å². The van der Waals surface area contributed by atoms with Gasteiger partial charge in [-0.05, 0) is 65.4 Å². The van der Waals surface area contributed by atoms with Gasteiger partial charge in [-0.3, -0.25) is 9.59 Å². The predicted molar refractivity (Wildman–Crippen MR) is 222 cm³/mol. The summed E-state index contributed by atoms with van der Waals surface area (Å²) in [6.07, 6.45) is 26.6. The van der Waals surface area contributed by atoms with Crippen molar-refractivity contribution in [3.05, 3.63) is 72.3 Å². The number of phenolic OH excluding ortho intramolecular Hbond substituents is 2. The number of ether oxygens (including phenoxy) is 2. The van der Waals surface area contributed by atoms with Crippen molar-refractivity contribution in [2.24, 2.45) is 0 Å². The second-order valence-corrected chi connectivity index (χ2v) is 15.3. The molecule has 0 saturated heterocycles. The third kappa shape index (κ3) is 17.1. The smallest absolute Gasteiger partial charge is 0.309 e. The molecular weight excluding hydrogens is 673 g/mol. The Morgan fingerprint density at radius 2 is 0.796 bits per heavy atom. The summed E-state index contributed by atoms with van der Waals surface area (Å²) >= 11 is 0. The van der Waals surface area contributed by atoms with Gasteiger partial charge < -0.3 is 19.7 Å². The van der Waals surface area contributed by atoms with E-state index in [0.29, 0.717) is 11.1 Å². The van der Waals surface area contributed by atoms with Gasteiger partial charge in [-0.25, -0.2) is 0 Å². The summed E-state index contributed by atoms with van der Waals surface area (Å²) in [4.78, 5) is 27.0. The highest BCUT2D eigenvalue weighted by Crippen LogP contribution is 2.39. The lowest BCUT2D eigenvalue weighted by Gasteiger charge is -2.32. The number of rotatable bonds is 29. The van der Waals surface area contributed by atoms with E-state index in [2.05, 4.69) is 13.8 Å². The van der Waals surface area contributed by atoms with E-state index < -0.39 is 17.7 Å². The average molecular weight is 743 g/mol. The highest BCUT2D eigenvalue weighted by atomic mass is 16.7. The molecule has 0 amide bonds. The van der Waals surface area contributed by atoms with Gasteiger partial charge in [-0.15, -0.1) is 0 Å². The van der Waals surface area contributed by atoms with E-state index in [1.165, 1.54) is 103 Å². The quantitative estimate of drug-likeness (QED) is 0.0418. The van der Waals surface area contributed by atoms with Crippen LogP contribution < -0.4 is 0 Å². The normalized spacial score (nSPS) is 11.5. The van der Waals surface area contributed by atoms with Gasteiger partial charge in [0.15, 0.2) is 0 Å². The summed E-state index contributed by atoms with van der Waals surface area (Å²) in [5.74, 6) is -2.14. The van der Waals surface area contributed by atoms with E-state index in [1.807, 2.05) is 30.3 Å². The van der Waals surface area contributed by atoms with Crippen LogP contribution in [0.5, 0.6) is 11.5 Å². The third-order valence-corrected chi connectivity index (χ3v) is 10.5. The zero-order valence-electron chi connectivity index (χ0n) is 33.8. The lowest BCUT2D eigenvalue weighted by atomic mass is 9.90. The van der Waals surface area contributed by atoms with Crippen molar-refractivity contribution in [2.45, 2.75) is 181 Å². The molecular formula is C48H70O6. The van der Waals surface area contributed by atoms with E-state index in [1.54, 1.807) is 43.3 Å². The Morgan fingerprint density at radius 1 is 0.463 bits per heavy atom. The molecule has 0 aliphatic carbocycles. The van der Waals surface area contributed by atoms with Gasteiger partial charge in [-0.1, -0.05) is 179 Å². The van der Waals surface area contributed by atoms with Gasteiger partial charge in [-0.2, -0.15) is 0 Å². The summed E-state index contributed by atoms with van der Waals surface area (Å²) in [5.41, 5.74) is 3.81. The van der Waals surface area contributed by atoms with E-state index in [0.717, 1.165) is 55.2 Å². The third-order valence-electron chi connectivity index (χ3n) is 10.5. The summed E-state index contributed by atoms with van der Waals surface area (Å²) in [5, 5.41) is 20.0. The zero-order chi connectivity index (χ0) is 38.9. The first-order chi connectivity index (χ1) is 26.3. The van der Waals surface area contributed by atoms with Crippen molar-refractivity contribution >= 4 is 11.9 Å². The molecule has 0 radical (unpaired) electrons. The molecule has 3 aromatic rings. The second-order valence-electron chi connectivity index (χ2n) is 15.3. The summed E-state index contributed by atoms with van der Waals surface area (Å²) in [7, 11) is 0. The fourth-order valence-electron chi connectivity index (χ4n) is 7.19. The first-order valence-electron chi connectivity index (χ1n) is 21.4. The number of carbonyl (C=O) groups is 2. The molecule has 54 heavy (non-hydrogen) atoms. The number of aromatic hydroxyl groups is 2. The minimum absolute atomic E-state index is 0.134. The van der Waals surface area contributed by atoms with Crippen molar-refractivity contribution in [1.82, 2.24) is 0 Å². The van der Waals surface area contributed by atoms with Crippen LogP contribution in [0.1, 0.15) is 180 Å². The molecule has 6 heteroatoms. The van der Waals surface area contributed by atoms with Crippen LogP contribution >= 0.6 is 0 Å². The van der Waals surface area contributed by atoms with Gasteiger partial charge in [0.05, 0.1) is 0 Å². The van der Waals surface area contributed by atoms with Crippen LogP contribution in [-0.4, -0.2) is 22.2 Å². The molecule has 0 aliphatic heterocycles. The number of esters is 2. The molecule has 0 heterocycles. The number of hydrogen-bond acceptors (Lipinski definition) is 6. The Labute approximate surface area is 327 Å². The fourth-order valence-corrected chi connectivity index (χ4v) is 7.19. The van der Waals surface area contributed by atoms with Crippen LogP contribution in [-0.2, 0) is 24.8 Å². The Bertz CT molecular complexity index is 1420.